The van der Waals surface area contributed by atoms with E-state index in [-0.39, 0.29) is 5.54 Å². The first kappa shape index (κ1) is 22.0. The van der Waals surface area contributed by atoms with E-state index in [9.17, 15) is 17.3 Å². The molecule has 0 saturated heterocycles. The molecule has 0 aromatic heterocycles. The number of nitrogens with zero attached hydrogens (tertiary/aromatic N) is 1. The van der Waals surface area contributed by atoms with Crippen molar-refractivity contribution in [1.82, 2.24) is 0 Å². The molecule has 1 spiro atoms. The van der Waals surface area contributed by atoms with Crippen LogP contribution in [-0.2, 0) is 12.8 Å². The summed E-state index contributed by atoms with van der Waals surface area (Å²) >= 11 is 0. The van der Waals surface area contributed by atoms with Gasteiger partial charge in [0, 0.05) is 31.4 Å². The third-order valence-corrected chi connectivity index (χ3v) is 5.89. The zero-order chi connectivity index (χ0) is 20.3. The van der Waals surface area contributed by atoms with Gasteiger partial charge in [0.05, 0.1) is 5.41 Å². The average Bonchev–Trinajstić information content (AvgIpc) is 2.82. The van der Waals surface area contributed by atoms with Crippen LogP contribution in [0.5, 0.6) is 0 Å². The van der Waals surface area contributed by atoms with Gasteiger partial charge in [0.15, 0.2) is 11.8 Å². The smallest absolute Gasteiger partial charge is 0.418 e. The lowest BCUT2D eigenvalue weighted by Crippen LogP contribution is -2.31. The van der Waals surface area contributed by atoms with Gasteiger partial charge in [0.25, 0.3) is 0 Å². The summed E-state index contributed by atoms with van der Waals surface area (Å²) in [6, 6.07) is 6.88. The molecule has 0 radical (unpaired) electrons. The van der Waals surface area contributed by atoms with Crippen molar-refractivity contribution in [3.63, 3.8) is 0 Å². The van der Waals surface area contributed by atoms with E-state index in [0.717, 1.165) is 12.8 Å². The Labute approximate surface area is 161 Å². The highest BCUT2D eigenvalue weighted by molar-refractivity contribution is 6.50. The minimum atomic E-state index is -6.00. The summed E-state index contributed by atoms with van der Waals surface area (Å²) in [6.45, 7) is 9.47. The molecule has 1 aliphatic carbocycles. The topological polar surface area (TPSA) is 3.01 Å². The molecule has 1 heterocycles. The Hall–Kier alpha value is -1.33. The van der Waals surface area contributed by atoms with E-state index in [1.54, 1.807) is 0 Å². The zero-order valence-electron chi connectivity index (χ0n) is 17.0. The van der Waals surface area contributed by atoms with Gasteiger partial charge < -0.3 is 17.3 Å². The Bertz CT molecular complexity index is 645. The minimum Gasteiger partial charge on any atom is -0.418 e. The van der Waals surface area contributed by atoms with Gasteiger partial charge in [-0.15, -0.1) is 0 Å². The number of rotatable bonds is 3. The second-order valence-corrected chi connectivity index (χ2v) is 8.54. The molecule has 3 rings (SSSR count). The number of hydrogen-bond acceptors (Lipinski definition) is 0. The van der Waals surface area contributed by atoms with E-state index >= 15 is 0 Å². The molecule has 0 atom stereocenters. The maximum atomic E-state index is 9.75. The van der Waals surface area contributed by atoms with Crippen LogP contribution in [0.1, 0.15) is 77.3 Å². The predicted molar refractivity (Wildman–Crippen MR) is 106 cm³/mol. The van der Waals surface area contributed by atoms with Crippen LogP contribution in [0.3, 0.4) is 0 Å². The van der Waals surface area contributed by atoms with Crippen molar-refractivity contribution in [2.24, 2.45) is 5.41 Å². The quantitative estimate of drug-likeness (QED) is 0.301. The Kier molecular flexibility index (Phi) is 6.80. The van der Waals surface area contributed by atoms with Crippen LogP contribution in [0.4, 0.5) is 23.0 Å². The number of benzene rings is 1. The molecule has 27 heavy (non-hydrogen) atoms. The van der Waals surface area contributed by atoms with Gasteiger partial charge in [0.2, 0.25) is 5.69 Å². The number of halogens is 4. The van der Waals surface area contributed by atoms with Gasteiger partial charge in [0.1, 0.15) is 0 Å². The highest BCUT2D eigenvalue weighted by Crippen LogP contribution is 2.48. The van der Waals surface area contributed by atoms with Crippen molar-refractivity contribution < 1.29 is 21.8 Å². The summed E-state index contributed by atoms with van der Waals surface area (Å²) in [5, 5.41) is 0. The normalized spacial score (nSPS) is 20.8. The molecular weight excluding hydrogens is 353 g/mol. The largest absolute Gasteiger partial charge is 0.673 e. The molecule has 1 nitrogen and oxygen atoms in total. The van der Waals surface area contributed by atoms with E-state index in [1.807, 2.05) is 0 Å². The summed E-state index contributed by atoms with van der Waals surface area (Å²) in [5.41, 5.74) is 5.24. The summed E-state index contributed by atoms with van der Waals surface area (Å²) in [4.78, 5) is 0. The first-order valence-electron chi connectivity index (χ1n) is 10.1. The molecule has 2 aliphatic rings. The van der Waals surface area contributed by atoms with Crippen molar-refractivity contribution in [2.45, 2.75) is 84.6 Å². The van der Waals surface area contributed by atoms with Crippen molar-refractivity contribution >= 4 is 19.2 Å². The predicted octanol–water partition coefficient (Wildman–Crippen LogP) is 6.96. The molecule has 1 aliphatic heterocycles. The van der Waals surface area contributed by atoms with Crippen LogP contribution in [0.15, 0.2) is 18.2 Å². The van der Waals surface area contributed by atoms with Crippen LogP contribution >= 0.6 is 0 Å². The summed E-state index contributed by atoms with van der Waals surface area (Å²) in [5.74, 6) is 0. The van der Waals surface area contributed by atoms with Crippen molar-refractivity contribution in [1.29, 1.82) is 0 Å². The van der Waals surface area contributed by atoms with Gasteiger partial charge >= 0.3 is 7.25 Å². The molecule has 0 bridgehead atoms. The highest BCUT2D eigenvalue weighted by atomic mass is 19.5. The van der Waals surface area contributed by atoms with E-state index in [2.05, 4.69) is 56.7 Å². The maximum absolute atomic E-state index is 9.75. The maximum Gasteiger partial charge on any atom is 0.673 e. The number of hydrogen-bond donors (Lipinski definition) is 0. The van der Waals surface area contributed by atoms with Crippen LogP contribution in [0.25, 0.3) is 0 Å². The van der Waals surface area contributed by atoms with E-state index in [4.69, 9.17) is 0 Å². The molecule has 6 heteroatoms. The van der Waals surface area contributed by atoms with E-state index < -0.39 is 7.25 Å². The van der Waals surface area contributed by atoms with Crippen LogP contribution in [0, 0.1) is 5.41 Å². The molecule has 1 fully saturated rings. The van der Waals surface area contributed by atoms with Gasteiger partial charge in [-0.25, -0.2) is 0 Å². The fourth-order valence-corrected chi connectivity index (χ4v) is 4.89. The molecular formula is C21H32BF4N. The molecule has 0 N–H and O–H groups in total. The first-order valence-corrected chi connectivity index (χ1v) is 10.1. The third-order valence-electron chi connectivity index (χ3n) is 5.89. The van der Waals surface area contributed by atoms with Crippen molar-refractivity contribution in [3.05, 3.63) is 29.3 Å². The fourth-order valence-electron chi connectivity index (χ4n) is 4.89. The summed E-state index contributed by atoms with van der Waals surface area (Å²) in [6.07, 6.45) is 13.2. The van der Waals surface area contributed by atoms with Crippen molar-refractivity contribution in [2.75, 3.05) is 0 Å². The Morgan fingerprint density at radius 3 is 1.85 bits per heavy atom. The molecule has 0 amide bonds. The number of para-hydroxylation sites is 1. The fraction of sp³-hybridized carbons (Fsp3) is 0.667. The zero-order valence-corrected chi connectivity index (χ0v) is 17.0. The third kappa shape index (κ3) is 5.58. The lowest BCUT2D eigenvalue weighted by molar-refractivity contribution is -0.512. The van der Waals surface area contributed by atoms with E-state index in [0.29, 0.717) is 5.41 Å². The van der Waals surface area contributed by atoms with Crippen LogP contribution in [-0.4, -0.2) is 23.6 Å². The van der Waals surface area contributed by atoms with Gasteiger partial charge in [-0.3, -0.25) is 0 Å². The monoisotopic (exact) mass is 385 g/mol. The Balaban J connectivity index is 0.000000465. The van der Waals surface area contributed by atoms with Crippen LogP contribution < -0.4 is 0 Å². The Morgan fingerprint density at radius 1 is 0.926 bits per heavy atom. The second kappa shape index (κ2) is 8.36. The lowest BCUT2D eigenvalue weighted by Gasteiger charge is -2.29. The molecule has 1 aromatic carbocycles. The standard InChI is InChI=1S/C21H32N.BF4/c1-5-17-11-10-12-18(6-2)19(17)22-16-21(15-20(22,3)4)13-8-7-9-14-21;2-1(3,4)5/h10-12,16H,5-9,13-15H2,1-4H3;/q+1;-1. The SMILES string of the molecule is CCc1cccc(CC)c1[N+]1=CC2(CCCCC2)CC1(C)C.F[B-](F)(F)F. The lowest BCUT2D eigenvalue weighted by atomic mass is 9.71. The van der Waals surface area contributed by atoms with Gasteiger partial charge in [-0.2, -0.15) is 4.58 Å². The average molecular weight is 385 g/mol. The van der Waals surface area contributed by atoms with Crippen molar-refractivity contribution in [3.8, 4) is 0 Å². The summed E-state index contributed by atoms with van der Waals surface area (Å²) < 4.78 is 41.7. The molecule has 1 saturated carbocycles. The van der Waals surface area contributed by atoms with E-state index in [1.165, 1.54) is 55.3 Å². The molecule has 0 unspecified atom stereocenters. The summed E-state index contributed by atoms with van der Waals surface area (Å²) in [7, 11) is -6.00. The first-order chi connectivity index (χ1) is 12.5. The second-order valence-electron chi connectivity index (χ2n) is 8.54. The van der Waals surface area contributed by atoms with Crippen LogP contribution in [0.2, 0.25) is 0 Å². The highest BCUT2D eigenvalue weighted by Gasteiger charge is 2.51. The van der Waals surface area contributed by atoms with Gasteiger partial charge in [-0.1, -0.05) is 51.3 Å². The molecule has 152 valence electrons. The minimum absolute atomic E-state index is 0.243. The van der Waals surface area contributed by atoms with Gasteiger partial charge in [-0.05, 0) is 25.7 Å². The Morgan fingerprint density at radius 2 is 1.41 bits per heavy atom. The molecule has 1 aromatic rings. The number of aryl methyl sites for hydroxylation is 2.